The minimum Gasteiger partial charge on any atom is -0.383 e. The maximum Gasteiger partial charge on any atom is 0.164 e. The van der Waals surface area contributed by atoms with Gasteiger partial charge >= 0.3 is 0 Å². The molecule has 1 aliphatic heterocycles. The van der Waals surface area contributed by atoms with E-state index < -0.39 is 0 Å². The van der Waals surface area contributed by atoms with Crippen LogP contribution in [-0.2, 0) is 6.54 Å². The van der Waals surface area contributed by atoms with Gasteiger partial charge in [0.2, 0.25) is 0 Å². The van der Waals surface area contributed by atoms with Crippen LogP contribution in [0.2, 0.25) is 0 Å². The van der Waals surface area contributed by atoms with Crippen LogP contribution < -0.4 is 11.1 Å². The average molecular weight is 543 g/mol. The molecule has 1 aromatic carbocycles. The van der Waals surface area contributed by atoms with Gasteiger partial charge in [0, 0.05) is 55.0 Å². The molecule has 8 nitrogen and oxygen atoms in total. The van der Waals surface area contributed by atoms with Crippen LogP contribution in [-0.4, -0.2) is 43.6 Å². The van der Waals surface area contributed by atoms with Gasteiger partial charge in [-0.2, -0.15) is 5.26 Å². The molecule has 0 radical (unpaired) electrons. The van der Waals surface area contributed by atoms with Gasteiger partial charge < -0.3 is 11.1 Å². The Morgan fingerprint density at radius 1 is 1.12 bits per heavy atom. The second kappa shape index (κ2) is 12.5. The van der Waals surface area contributed by atoms with Crippen molar-refractivity contribution in [2.24, 2.45) is 0 Å². The number of nitriles is 1. The molecule has 206 valence electrons. The number of hydrogen-bond donors (Lipinski definition) is 2. The molecular weight excluding hydrogens is 508 g/mol. The lowest BCUT2D eigenvalue weighted by molar-refractivity contribution is 0.195. The summed E-state index contributed by atoms with van der Waals surface area (Å²) in [4.78, 5) is 16.2. The number of nitrogens with two attached hydrogens (primary N) is 1. The van der Waals surface area contributed by atoms with E-state index in [-0.39, 0.29) is 0 Å². The highest BCUT2D eigenvalue weighted by molar-refractivity contribution is 5.82. The zero-order valence-corrected chi connectivity index (χ0v) is 23.3. The van der Waals surface area contributed by atoms with E-state index in [1.54, 1.807) is 24.5 Å². The summed E-state index contributed by atoms with van der Waals surface area (Å²) in [6.07, 6.45) is 10.8. The zero-order chi connectivity index (χ0) is 28.8. The summed E-state index contributed by atoms with van der Waals surface area (Å²) in [6, 6.07) is 18.7. The molecule has 5 rings (SSSR count). The van der Waals surface area contributed by atoms with Crippen LogP contribution in [0.1, 0.15) is 25.3 Å². The number of nitrogens with one attached hydrogen (secondary N) is 1. The highest BCUT2D eigenvalue weighted by Gasteiger charge is 2.21. The largest absolute Gasteiger partial charge is 0.383 e. The normalized spacial score (nSPS) is 15.0. The van der Waals surface area contributed by atoms with Crippen molar-refractivity contribution in [1.82, 2.24) is 29.7 Å². The summed E-state index contributed by atoms with van der Waals surface area (Å²) < 4.78 is 2.04. The van der Waals surface area contributed by atoms with Gasteiger partial charge in [0.05, 0.1) is 17.2 Å². The van der Waals surface area contributed by atoms with Crippen molar-refractivity contribution in [3.63, 3.8) is 0 Å². The minimum absolute atomic E-state index is 0.312. The Balaban J connectivity index is 1.26. The SMILES string of the molecule is C=C/C=C(C(=C)NC1CCN(Cc2ccc(-n3c(-c4cccnc4N)nc4cccnc43)cc2)CC1)\C(C#N)=C/C. The molecule has 0 unspecified atom stereocenters. The van der Waals surface area contributed by atoms with E-state index in [2.05, 4.69) is 63.7 Å². The van der Waals surface area contributed by atoms with Crippen molar-refractivity contribution in [2.75, 3.05) is 18.8 Å². The number of piperidine rings is 1. The Bertz CT molecular complexity index is 1660. The highest BCUT2D eigenvalue weighted by Crippen LogP contribution is 2.30. The number of pyridine rings is 2. The number of nitrogens with zero attached hydrogens (tertiary/aromatic N) is 6. The van der Waals surface area contributed by atoms with Crippen LogP contribution in [0.3, 0.4) is 0 Å². The first-order valence-corrected chi connectivity index (χ1v) is 13.7. The number of nitrogen functional groups attached to an aromatic ring is 1. The smallest absolute Gasteiger partial charge is 0.164 e. The molecule has 41 heavy (non-hydrogen) atoms. The van der Waals surface area contributed by atoms with Gasteiger partial charge in [0.15, 0.2) is 11.5 Å². The Labute approximate surface area is 240 Å². The fourth-order valence-electron chi connectivity index (χ4n) is 5.26. The molecule has 0 atom stereocenters. The predicted octanol–water partition coefficient (Wildman–Crippen LogP) is 5.71. The first kappa shape index (κ1) is 27.6. The van der Waals surface area contributed by atoms with Gasteiger partial charge in [-0.1, -0.05) is 43.5 Å². The number of anilines is 1. The van der Waals surface area contributed by atoms with Crippen LogP contribution in [0.15, 0.2) is 109 Å². The van der Waals surface area contributed by atoms with Gasteiger partial charge in [-0.15, -0.1) is 0 Å². The summed E-state index contributed by atoms with van der Waals surface area (Å²) in [5.74, 6) is 1.15. The van der Waals surface area contributed by atoms with E-state index in [4.69, 9.17) is 10.7 Å². The number of hydrogen-bond acceptors (Lipinski definition) is 7. The monoisotopic (exact) mass is 542 g/mol. The summed E-state index contributed by atoms with van der Waals surface area (Å²) in [7, 11) is 0. The second-order valence-electron chi connectivity index (χ2n) is 10.0. The average Bonchev–Trinajstić information content (AvgIpc) is 3.38. The van der Waals surface area contributed by atoms with Crippen molar-refractivity contribution < 1.29 is 0 Å². The quantitative estimate of drug-likeness (QED) is 0.206. The molecule has 8 heteroatoms. The van der Waals surface area contributed by atoms with Gasteiger partial charge in [-0.3, -0.25) is 9.47 Å². The Kier molecular flexibility index (Phi) is 8.37. The van der Waals surface area contributed by atoms with Gasteiger partial charge in [0.25, 0.3) is 0 Å². The second-order valence-corrected chi connectivity index (χ2v) is 10.0. The lowest BCUT2D eigenvalue weighted by atomic mass is 10.00. The van der Waals surface area contributed by atoms with Crippen LogP contribution >= 0.6 is 0 Å². The third-order valence-corrected chi connectivity index (χ3v) is 7.37. The van der Waals surface area contributed by atoms with Crippen molar-refractivity contribution in [3.05, 3.63) is 115 Å². The number of allylic oxidation sites excluding steroid dienone is 4. The molecule has 4 aromatic rings. The third-order valence-electron chi connectivity index (χ3n) is 7.37. The van der Waals surface area contributed by atoms with Crippen molar-refractivity contribution in [2.45, 2.75) is 32.4 Å². The summed E-state index contributed by atoms with van der Waals surface area (Å²) in [5.41, 5.74) is 12.9. The Hall–Kier alpha value is -5.00. The number of aromatic nitrogens is 4. The number of benzene rings is 1. The summed E-state index contributed by atoms with van der Waals surface area (Å²) in [6.45, 7) is 12.7. The maximum absolute atomic E-state index is 9.46. The Morgan fingerprint density at radius 3 is 2.54 bits per heavy atom. The van der Waals surface area contributed by atoms with Gasteiger partial charge in [-0.05, 0) is 61.7 Å². The molecule has 4 heterocycles. The first-order chi connectivity index (χ1) is 20.0. The van der Waals surface area contributed by atoms with E-state index in [1.165, 1.54) is 5.56 Å². The standard InChI is InChI=1S/C33H34N8/c1-4-8-28(25(5-2)21-34)23(3)38-26-15-19-40(20-16-26)22-24-11-13-27(14-12-24)41-32(29-9-6-17-36-31(29)35)39-30-10-7-18-37-33(30)41/h4-14,17-18,26,38H,1,3,15-16,19-20,22H2,2H3,(H2,35,36)/b25-5-,28-8-. The van der Waals surface area contributed by atoms with E-state index in [1.807, 2.05) is 41.8 Å². The van der Waals surface area contributed by atoms with E-state index in [0.29, 0.717) is 17.4 Å². The van der Waals surface area contributed by atoms with Crippen molar-refractivity contribution in [3.8, 4) is 23.1 Å². The number of likely N-dealkylation sites (tertiary alicyclic amines) is 1. The van der Waals surface area contributed by atoms with E-state index in [9.17, 15) is 5.26 Å². The molecule has 3 N–H and O–H groups in total. The fourth-order valence-corrected chi connectivity index (χ4v) is 5.26. The van der Waals surface area contributed by atoms with Crippen molar-refractivity contribution >= 4 is 17.0 Å². The van der Waals surface area contributed by atoms with Crippen LogP contribution in [0.5, 0.6) is 0 Å². The molecule has 0 spiro atoms. The molecule has 1 fully saturated rings. The van der Waals surface area contributed by atoms with Crippen molar-refractivity contribution in [1.29, 1.82) is 5.26 Å². The van der Waals surface area contributed by atoms with Gasteiger partial charge in [-0.25, -0.2) is 15.0 Å². The molecule has 0 amide bonds. The van der Waals surface area contributed by atoms with Crippen LogP contribution in [0.4, 0.5) is 5.82 Å². The van der Waals surface area contributed by atoms with Crippen LogP contribution in [0, 0.1) is 11.3 Å². The Morgan fingerprint density at radius 2 is 1.85 bits per heavy atom. The lowest BCUT2D eigenvalue weighted by Crippen LogP contribution is -2.41. The summed E-state index contributed by atoms with van der Waals surface area (Å²) in [5, 5.41) is 13.0. The summed E-state index contributed by atoms with van der Waals surface area (Å²) >= 11 is 0. The fraction of sp³-hybridized carbons (Fsp3) is 0.212. The number of rotatable bonds is 9. The first-order valence-electron chi connectivity index (χ1n) is 13.7. The van der Waals surface area contributed by atoms with E-state index >= 15 is 0 Å². The van der Waals surface area contributed by atoms with Crippen LogP contribution in [0.25, 0.3) is 28.2 Å². The minimum atomic E-state index is 0.312. The molecule has 3 aromatic heterocycles. The highest BCUT2D eigenvalue weighted by atomic mass is 15.1. The predicted molar refractivity (Wildman–Crippen MR) is 165 cm³/mol. The topological polar surface area (TPSA) is 109 Å². The lowest BCUT2D eigenvalue weighted by Gasteiger charge is -2.33. The molecule has 0 aliphatic carbocycles. The molecule has 0 bridgehead atoms. The molecule has 1 saturated heterocycles. The van der Waals surface area contributed by atoms with E-state index in [0.717, 1.165) is 72.0 Å². The van der Waals surface area contributed by atoms with Gasteiger partial charge in [0.1, 0.15) is 11.3 Å². The molecule has 1 aliphatic rings. The zero-order valence-electron chi connectivity index (χ0n) is 23.3. The third kappa shape index (κ3) is 5.96. The molecule has 0 saturated carbocycles. The maximum atomic E-state index is 9.46. The molecular formula is C33H34N8. The number of fused-ring (bicyclic) bond motifs is 1. The number of imidazole rings is 1.